The minimum absolute atomic E-state index is 0.0681. The van der Waals surface area contributed by atoms with Gasteiger partial charge in [-0.25, -0.2) is 4.79 Å². The minimum Gasteiger partial charge on any atom is -0.497 e. The molecule has 3 aromatic rings. The van der Waals surface area contributed by atoms with Gasteiger partial charge in [-0.1, -0.05) is 18.2 Å². The van der Waals surface area contributed by atoms with Crippen LogP contribution in [0.25, 0.3) is 6.08 Å². The minimum atomic E-state index is -0.714. The fourth-order valence-corrected chi connectivity index (χ4v) is 2.99. The summed E-state index contributed by atoms with van der Waals surface area (Å²) in [6, 6.07) is 16.7. The van der Waals surface area contributed by atoms with Crippen molar-refractivity contribution in [3.05, 3.63) is 99.3 Å². The molecule has 1 aliphatic heterocycles. The average Bonchev–Trinajstić information content (AvgIpc) is 3.09. The van der Waals surface area contributed by atoms with Crippen molar-refractivity contribution in [1.29, 1.82) is 0 Å². The Hall–Kier alpha value is -4.46. The molecule has 4 rings (SSSR count). The summed E-state index contributed by atoms with van der Waals surface area (Å²) in [4.78, 5) is 35.0. The van der Waals surface area contributed by atoms with Crippen molar-refractivity contribution in [2.24, 2.45) is 0 Å². The van der Waals surface area contributed by atoms with Crippen molar-refractivity contribution in [2.45, 2.75) is 0 Å². The van der Waals surface area contributed by atoms with Gasteiger partial charge in [-0.2, -0.15) is 0 Å². The van der Waals surface area contributed by atoms with Crippen LogP contribution >= 0.6 is 0 Å². The summed E-state index contributed by atoms with van der Waals surface area (Å²) in [5, 5.41) is 10.8. The Bertz CT molecular complexity index is 1230. The van der Waals surface area contributed by atoms with Crippen LogP contribution in [0, 0.1) is 10.1 Å². The third kappa shape index (κ3) is 4.13. The van der Waals surface area contributed by atoms with Crippen LogP contribution in [0.15, 0.2) is 72.5 Å². The Morgan fingerprint density at radius 2 is 1.77 bits per heavy atom. The first-order valence-electron chi connectivity index (χ1n) is 9.13. The lowest BCUT2D eigenvalue weighted by Gasteiger charge is -2.05. The maximum absolute atomic E-state index is 12.5. The first kappa shape index (κ1) is 19.8. The van der Waals surface area contributed by atoms with E-state index in [-0.39, 0.29) is 28.5 Å². The van der Waals surface area contributed by atoms with Gasteiger partial charge in [0.15, 0.2) is 5.76 Å². The number of nitro benzene ring substituents is 1. The molecule has 0 N–H and O–H groups in total. The molecule has 8 nitrogen and oxygen atoms in total. The van der Waals surface area contributed by atoms with E-state index < -0.39 is 10.9 Å². The molecule has 0 saturated heterocycles. The number of carbonyl (C=O) groups is 2. The highest BCUT2D eigenvalue weighted by Gasteiger charge is 2.27. The first-order chi connectivity index (χ1) is 14.9. The lowest BCUT2D eigenvalue weighted by atomic mass is 10.1. The Morgan fingerprint density at radius 3 is 2.48 bits per heavy atom. The fourth-order valence-electron chi connectivity index (χ4n) is 2.99. The molecule has 8 heteroatoms. The molecule has 0 spiro atoms. The molecule has 154 valence electrons. The topological polar surface area (TPSA) is 105 Å². The molecule has 0 unspecified atom stereocenters. The largest absolute Gasteiger partial charge is 0.497 e. The predicted octanol–water partition coefficient (Wildman–Crippen LogP) is 4.44. The monoisotopic (exact) mass is 417 g/mol. The Kier molecular flexibility index (Phi) is 5.19. The number of Topliss-reactive ketones (excluding diaryl/α,β-unsaturated/α-hetero) is 1. The van der Waals surface area contributed by atoms with E-state index >= 15 is 0 Å². The second-order valence-corrected chi connectivity index (χ2v) is 6.57. The van der Waals surface area contributed by atoms with E-state index in [1.165, 1.54) is 25.3 Å². The molecule has 0 saturated carbocycles. The number of ketones is 1. The summed E-state index contributed by atoms with van der Waals surface area (Å²) >= 11 is 0. The highest BCUT2D eigenvalue weighted by atomic mass is 16.6. The number of ether oxygens (including phenoxy) is 3. The maximum Gasteiger partial charge on any atom is 0.343 e. The Morgan fingerprint density at radius 1 is 1.03 bits per heavy atom. The number of hydrogen-bond donors (Lipinski definition) is 0. The highest BCUT2D eigenvalue weighted by Crippen LogP contribution is 2.34. The molecular formula is C23H15NO7. The van der Waals surface area contributed by atoms with E-state index in [9.17, 15) is 19.7 Å². The van der Waals surface area contributed by atoms with Crippen molar-refractivity contribution in [3.8, 4) is 17.2 Å². The smallest absolute Gasteiger partial charge is 0.343 e. The molecule has 0 bridgehead atoms. The van der Waals surface area contributed by atoms with Crippen LogP contribution in [0.1, 0.15) is 26.3 Å². The normalized spacial score (nSPS) is 13.5. The molecule has 0 aromatic heterocycles. The molecule has 0 amide bonds. The fraction of sp³-hybridized carbons (Fsp3) is 0.0435. The molecule has 3 aromatic carbocycles. The molecule has 1 aliphatic rings. The second kappa shape index (κ2) is 8.11. The summed E-state index contributed by atoms with van der Waals surface area (Å²) < 4.78 is 16.0. The predicted molar refractivity (Wildman–Crippen MR) is 110 cm³/mol. The van der Waals surface area contributed by atoms with Gasteiger partial charge < -0.3 is 14.2 Å². The zero-order chi connectivity index (χ0) is 22.0. The van der Waals surface area contributed by atoms with Crippen LogP contribution in [0.4, 0.5) is 5.69 Å². The van der Waals surface area contributed by atoms with Crippen LogP contribution in [0.3, 0.4) is 0 Å². The Labute approximate surface area is 176 Å². The molecule has 1 heterocycles. The van der Waals surface area contributed by atoms with Crippen LogP contribution in [0.2, 0.25) is 0 Å². The molecule has 0 atom stereocenters. The third-order valence-corrected chi connectivity index (χ3v) is 4.56. The molecular weight excluding hydrogens is 402 g/mol. The number of esters is 1. The van der Waals surface area contributed by atoms with Crippen molar-refractivity contribution in [1.82, 2.24) is 0 Å². The van der Waals surface area contributed by atoms with Crippen LogP contribution in [-0.2, 0) is 0 Å². The second-order valence-electron chi connectivity index (χ2n) is 6.57. The van der Waals surface area contributed by atoms with Crippen molar-refractivity contribution < 1.29 is 28.7 Å². The number of non-ortho nitro benzene ring substituents is 1. The van der Waals surface area contributed by atoms with E-state index in [0.29, 0.717) is 22.6 Å². The number of carbonyl (C=O) groups excluding carboxylic acids is 2. The number of hydrogen-bond acceptors (Lipinski definition) is 7. The van der Waals surface area contributed by atoms with Gasteiger partial charge in [0.2, 0.25) is 5.78 Å². The van der Waals surface area contributed by atoms with E-state index in [1.54, 1.807) is 48.5 Å². The summed E-state index contributed by atoms with van der Waals surface area (Å²) in [6.07, 6.45) is 1.58. The zero-order valence-corrected chi connectivity index (χ0v) is 16.2. The van der Waals surface area contributed by atoms with Gasteiger partial charge in [-0.05, 0) is 42.0 Å². The third-order valence-electron chi connectivity index (χ3n) is 4.56. The molecule has 31 heavy (non-hydrogen) atoms. The number of rotatable bonds is 5. The van der Waals surface area contributed by atoms with Gasteiger partial charge in [0.25, 0.3) is 5.69 Å². The van der Waals surface area contributed by atoms with E-state index in [1.807, 2.05) is 0 Å². The number of nitro groups is 1. The number of benzene rings is 3. The van der Waals surface area contributed by atoms with Crippen LogP contribution in [-0.4, -0.2) is 23.8 Å². The highest BCUT2D eigenvalue weighted by molar-refractivity contribution is 6.14. The van der Waals surface area contributed by atoms with E-state index in [2.05, 4.69) is 0 Å². The number of methoxy groups -OCH3 is 1. The summed E-state index contributed by atoms with van der Waals surface area (Å²) in [7, 11) is 1.53. The molecule has 0 aliphatic carbocycles. The number of nitrogens with zero attached hydrogens (tertiary/aromatic N) is 1. The lowest BCUT2D eigenvalue weighted by Crippen LogP contribution is -2.08. The lowest BCUT2D eigenvalue weighted by molar-refractivity contribution is -0.384. The maximum atomic E-state index is 12.5. The van der Waals surface area contributed by atoms with Crippen LogP contribution < -0.4 is 14.2 Å². The molecule has 0 radical (unpaired) electrons. The van der Waals surface area contributed by atoms with Crippen molar-refractivity contribution in [3.63, 3.8) is 0 Å². The van der Waals surface area contributed by atoms with Crippen molar-refractivity contribution >= 4 is 23.5 Å². The Balaban J connectivity index is 1.47. The van der Waals surface area contributed by atoms with E-state index in [4.69, 9.17) is 14.2 Å². The summed E-state index contributed by atoms with van der Waals surface area (Å²) in [5.41, 5.74) is 0.989. The van der Waals surface area contributed by atoms with Gasteiger partial charge in [0.05, 0.1) is 23.2 Å². The van der Waals surface area contributed by atoms with Gasteiger partial charge in [-0.3, -0.25) is 14.9 Å². The summed E-state index contributed by atoms with van der Waals surface area (Å²) in [6.45, 7) is 0. The first-order valence-corrected chi connectivity index (χ1v) is 9.13. The van der Waals surface area contributed by atoms with Gasteiger partial charge >= 0.3 is 5.97 Å². The van der Waals surface area contributed by atoms with Gasteiger partial charge in [-0.15, -0.1) is 0 Å². The number of allylic oxidation sites excluding steroid dienone is 1. The summed E-state index contributed by atoms with van der Waals surface area (Å²) in [5.74, 6) is 0.489. The number of fused-ring (bicyclic) bond motifs is 1. The zero-order valence-electron chi connectivity index (χ0n) is 16.2. The average molecular weight is 417 g/mol. The standard InChI is InChI=1S/C23H15NO7/c1-29-18-9-10-19-20(13-18)31-21(22(19)25)11-14-5-7-17(8-6-14)30-23(26)15-3-2-4-16(12-15)24(27)28/h2-13H,1H3/b21-11-. The molecule has 0 fully saturated rings. The van der Waals surface area contributed by atoms with E-state index in [0.717, 1.165) is 6.07 Å². The van der Waals surface area contributed by atoms with Gasteiger partial charge in [0, 0.05) is 18.2 Å². The SMILES string of the molecule is COc1ccc2c(c1)O/C(=C\c1ccc(OC(=O)c3cccc([N+](=O)[O-])c3)cc1)C2=O. The quantitative estimate of drug-likeness (QED) is 0.199. The van der Waals surface area contributed by atoms with Gasteiger partial charge in [0.1, 0.15) is 17.2 Å². The van der Waals surface area contributed by atoms with Crippen LogP contribution in [0.5, 0.6) is 17.2 Å². The van der Waals surface area contributed by atoms with Crippen molar-refractivity contribution in [2.75, 3.05) is 7.11 Å².